The van der Waals surface area contributed by atoms with Crippen LogP contribution in [0, 0.1) is 0 Å². The molecule has 2 saturated heterocycles. The van der Waals surface area contributed by atoms with E-state index in [0.29, 0.717) is 12.1 Å². The van der Waals surface area contributed by atoms with Crippen LogP contribution in [0.2, 0.25) is 0 Å². The van der Waals surface area contributed by atoms with E-state index < -0.39 is 7.95 Å². The molecule has 2 aliphatic heterocycles. The van der Waals surface area contributed by atoms with Crippen molar-refractivity contribution < 1.29 is 4.57 Å². The topological polar surface area (TPSA) is 35.1 Å². The molecule has 0 amide bonds. The van der Waals surface area contributed by atoms with Crippen molar-refractivity contribution in [2.24, 2.45) is 0 Å². The minimum absolute atomic E-state index is 0.237. The van der Waals surface area contributed by atoms with Gasteiger partial charge < -0.3 is 4.57 Å². The van der Waals surface area contributed by atoms with Crippen LogP contribution in [0.15, 0.2) is 0 Å². The van der Waals surface area contributed by atoms with E-state index in [0.717, 1.165) is 13.1 Å². The van der Waals surface area contributed by atoms with Gasteiger partial charge in [0, 0.05) is 25.2 Å². The lowest BCUT2D eigenvalue weighted by Gasteiger charge is -2.21. The first-order valence-electron chi connectivity index (χ1n) is 4.88. The van der Waals surface area contributed by atoms with Crippen LogP contribution in [0.5, 0.6) is 0 Å². The Balaban J connectivity index is 1.92. The van der Waals surface area contributed by atoms with Gasteiger partial charge in [-0.2, -0.15) is 0 Å². The average molecular weight is 203 g/mol. The summed E-state index contributed by atoms with van der Waals surface area (Å²) < 4.78 is 11.2. The summed E-state index contributed by atoms with van der Waals surface area (Å²) in [5.74, 6) is 0. The van der Waals surface area contributed by atoms with Gasteiger partial charge in [-0.1, -0.05) is 0 Å². The van der Waals surface area contributed by atoms with Gasteiger partial charge in [-0.25, -0.2) is 5.09 Å². The van der Waals surface area contributed by atoms with Crippen molar-refractivity contribution in [1.29, 1.82) is 0 Å². The molecule has 0 spiro atoms. The standard InChI is InChI=1S/C8H18N3OP/c1-6-4-10(6)8(9-13(3)12)11-5-7(11)2/h6-8,13H,4-5H2,1-3H3,(H,9,12). The second-order valence-electron chi connectivity index (χ2n) is 4.17. The van der Waals surface area contributed by atoms with Crippen molar-refractivity contribution in [2.75, 3.05) is 19.8 Å². The highest BCUT2D eigenvalue weighted by Crippen LogP contribution is 2.31. The first kappa shape index (κ1) is 9.66. The van der Waals surface area contributed by atoms with Crippen LogP contribution >= 0.6 is 7.95 Å². The third-order valence-electron chi connectivity index (χ3n) is 2.78. The molecule has 13 heavy (non-hydrogen) atoms. The molecule has 5 atom stereocenters. The molecule has 2 rings (SSSR count). The summed E-state index contributed by atoms with van der Waals surface area (Å²) in [5, 5.41) is 3.16. The fourth-order valence-corrected chi connectivity index (χ4v) is 2.43. The van der Waals surface area contributed by atoms with Crippen LogP contribution in [-0.2, 0) is 4.57 Å². The van der Waals surface area contributed by atoms with E-state index in [2.05, 4.69) is 28.7 Å². The summed E-state index contributed by atoms with van der Waals surface area (Å²) >= 11 is 0. The lowest BCUT2D eigenvalue weighted by Crippen LogP contribution is -2.40. The molecule has 0 aliphatic carbocycles. The van der Waals surface area contributed by atoms with Crippen LogP contribution < -0.4 is 5.09 Å². The zero-order chi connectivity index (χ0) is 9.59. The number of nitrogens with one attached hydrogen (secondary N) is 1. The van der Waals surface area contributed by atoms with Crippen molar-refractivity contribution in [1.82, 2.24) is 14.9 Å². The van der Waals surface area contributed by atoms with Gasteiger partial charge in [0.2, 0.25) is 0 Å². The van der Waals surface area contributed by atoms with Crippen molar-refractivity contribution >= 4 is 7.95 Å². The van der Waals surface area contributed by atoms with Gasteiger partial charge in [0.15, 0.2) is 0 Å². The molecule has 2 fully saturated rings. The highest BCUT2D eigenvalue weighted by atomic mass is 31.1. The van der Waals surface area contributed by atoms with Gasteiger partial charge in [-0.05, 0) is 20.5 Å². The van der Waals surface area contributed by atoms with Gasteiger partial charge in [0.25, 0.3) is 0 Å². The monoisotopic (exact) mass is 203 g/mol. The third kappa shape index (κ3) is 2.13. The first-order valence-corrected chi connectivity index (χ1v) is 6.79. The molecule has 0 aromatic rings. The fraction of sp³-hybridized carbons (Fsp3) is 1.00. The lowest BCUT2D eigenvalue weighted by molar-refractivity contribution is 0.209. The zero-order valence-corrected chi connectivity index (χ0v) is 9.45. The highest BCUT2D eigenvalue weighted by molar-refractivity contribution is 7.41. The van der Waals surface area contributed by atoms with Gasteiger partial charge in [0.05, 0.1) is 0 Å². The third-order valence-corrected chi connectivity index (χ3v) is 3.44. The molecule has 0 aromatic carbocycles. The highest BCUT2D eigenvalue weighted by Gasteiger charge is 2.46. The van der Waals surface area contributed by atoms with Crippen molar-refractivity contribution in [3.63, 3.8) is 0 Å². The summed E-state index contributed by atoms with van der Waals surface area (Å²) in [6, 6.07) is 1.32. The predicted octanol–water partition coefficient (Wildman–Crippen LogP) is 0.372. The molecule has 1 N–H and O–H groups in total. The van der Waals surface area contributed by atoms with Crippen molar-refractivity contribution in [2.45, 2.75) is 32.2 Å². The number of hydrogen-bond donors (Lipinski definition) is 1. The van der Waals surface area contributed by atoms with E-state index in [9.17, 15) is 4.57 Å². The summed E-state index contributed by atoms with van der Waals surface area (Å²) in [7, 11) is -1.57. The Bertz CT molecular complexity index is 219. The van der Waals surface area contributed by atoms with Gasteiger partial charge >= 0.3 is 0 Å². The fourth-order valence-electron chi connectivity index (χ4n) is 1.74. The van der Waals surface area contributed by atoms with Crippen LogP contribution in [0.1, 0.15) is 13.8 Å². The zero-order valence-electron chi connectivity index (χ0n) is 8.45. The van der Waals surface area contributed by atoms with Gasteiger partial charge in [-0.15, -0.1) is 0 Å². The predicted molar refractivity (Wildman–Crippen MR) is 54.2 cm³/mol. The molecule has 0 aromatic heterocycles. The van der Waals surface area contributed by atoms with Crippen LogP contribution in [0.25, 0.3) is 0 Å². The SMILES string of the molecule is CC1CN1C(N[PH](C)=O)N1CC1C. The molecular formula is C8H18N3OP. The summed E-state index contributed by atoms with van der Waals surface area (Å²) in [6.07, 6.45) is 0.237. The van der Waals surface area contributed by atoms with E-state index in [1.54, 1.807) is 6.66 Å². The summed E-state index contributed by atoms with van der Waals surface area (Å²) in [4.78, 5) is 4.69. The van der Waals surface area contributed by atoms with Crippen LogP contribution in [-0.4, -0.2) is 47.9 Å². The molecule has 0 saturated carbocycles. The average Bonchev–Trinajstić information content (AvgIpc) is 2.87. The van der Waals surface area contributed by atoms with E-state index in [1.165, 1.54) is 0 Å². The van der Waals surface area contributed by atoms with E-state index >= 15 is 0 Å². The van der Waals surface area contributed by atoms with E-state index in [1.807, 2.05) is 0 Å². The number of hydrogen-bond acceptors (Lipinski definition) is 3. The molecule has 2 aliphatic rings. The largest absolute Gasteiger partial charge is 0.310 e. The normalized spacial score (nSPS) is 47.0. The van der Waals surface area contributed by atoms with Gasteiger partial charge in [0.1, 0.15) is 14.2 Å². The Morgan fingerprint density at radius 1 is 1.31 bits per heavy atom. The molecule has 2 heterocycles. The Labute approximate surface area is 80.1 Å². The second-order valence-corrected chi connectivity index (χ2v) is 5.57. The first-order chi connectivity index (χ1) is 6.09. The Hall–Kier alpha value is 0.110. The maximum Gasteiger partial charge on any atom is 0.135 e. The van der Waals surface area contributed by atoms with E-state index in [-0.39, 0.29) is 6.29 Å². The second kappa shape index (κ2) is 3.35. The molecule has 5 heteroatoms. The maximum atomic E-state index is 11.2. The van der Waals surface area contributed by atoms with Crippen molar-refractivity contribution in [3.8, 4) is 0 Å². The Morgan fingerprint density at radius 3 is 1.92 bits per heavy atom. The summed E-state index contributed by atoms with van der Waals surface area (Å²) in [6.45, 7) is 8.44. The number of rotatable bonds is 4. The van der Waals surface area contributed by atoms with Crippen molar-refractivity contribution in [3.05, 3.63) is 0 Å². The molecule has 76 valence electrons. The number of nitrogens with zero attached hydrogens (tertiary/aromatic N) is 2. The molecule has 5 unspecified atom stereocenters. The quantitative estimate of drug-likeness (QED) is 0.529. The molecule has 0 bridgehead atoms. The summed E-state index contributed by atoms with van der Waals surface area (Å²) in [5.41, 5.74) is 0. The molecule has 4 nitrogen and oxygen atoms in total. The van der Waals surface area contributed by atoms with Crippen LogP contribution in [0.3, 0.4) is 0 Å². The maximum absolute atomic E-state index is 11.2. The Kier molecular flexibility index (Phi) is 2.49. The van der Waals surface area contributed by atoms with Crippen LogP contribution in [0.4, 0.5) is 0 Å². The Morgan fingerprint density at radius 2 is 1.69 bits per heavy atom. The van der Waals surface area contributed by atoms with Gasteiger partial charge in [-0.3, -0.25) is 9.80 Å². The minimum atomic E-state index is -1.57. The van der Waals surface area contributed by atoms with E-state index in [4.69, 9.17) is 0 Å². The minimum Gasteiger partial charge on any atom is -0.310 e. The lowest BCUT2D eigenvalue weighted by atomic mass is 10.5. The molecular weight excluding hydrogens is 185 g/mol. The smallest absolute Gasteiger partial charge is 0.135 e. The molecule has 0 radical (unpaired) electrons.